The SMILES string of the molecule is COC(=O)C(C)Sc1nnc(-c2ccc(OC)cc2)n1CC1CCCO1. The summed E-state index contributed by atoms with van der Waals surface area (Å²) < 4.78 is 17.9. The van der Waals surface area contributed by atoms with Gasteiger partial charge in [0.1, 0.15) is 11.0 Å². The van der Waals surface area contributed by atoms with Crippen molar-refractivity contribution in [3.8, 4) is 17.1 Å². The van der Waals surface area contributed by atoms with E-state index in [4.69, 9.17) is 14.2 Å². The first-order valence-electron chi connectivity index (χ1n) is 8.56. The molecule has 0 spiro atoms. The van der Waals surface area contributed by atoms with Gasteiger partial charge < -0.3 is 14.2 Å². The summed E-state index contributed by atoms with van der Waals surface area (Å²) in [5.41, 5.74) is 0.939. The topological polar surface area (TPSA) is 75.5 Å². The smallest absolute Gasteiger partial charge is 0.318 e. The molecule has 26 heavy (non-hydrogen) atoms. The Hall–Kier alpha value is -2.06. The molecule has 0 amide bonds. The predicted octanol–water partition coefficient (Wildman–Crippen LogP) is 2.79. The monoisotopic (exact) mass is 377 g/mol. The Morgan fingerprint density at radius 3 is 2.73 bits per heavy atom. The lowest BCUT2D eigenvalue weighted by molar-refractivity contribution is -0.139. The Labute approximate surface area is 157 Å². The number of hydrogen-bond acceptors (Lipinski definition) is 7. The molecule has 0 radical (unpaired) electrons. The average Bonchev–Trinajstić information content (AvgIpc) is 3.32. The summed E-state index contributed by atoms with van der Waals surface area (Å²) in [6, 6.07) is 7.69. The second-order valence-electron chi connectivity index (χ2n) is 6.06. The first kappa shape index (κ1) is 18.7. The molecule has 1 aromatic carbocycles. The van der Waals surface area contributed by atoms with E-state index >= 15 is 0 Å². The van der Waals surface area contributed by atoms with Gasteiger partial charge in [-0.15, -0.1) is 10.2 Å². The molecule has 1 saturated heterocycles. The predicted molar refractivity (Wildman–Crippen MR) is 98.3 cm³/mol. The van der Waals surface area contributed by atoms with Crippen molar-refractivity contribution >= 4 is 17.7 Å². The number of nitrogens with zero attached hydrogens (tertiary/aromatic N) is 3. The molecule has 0 N–H and O–H groups in total. The van der Waals surface area contributed by atoms with Gasteiger partial charge in [-0.05, 0) is 44.0 Å². The van der Waals surface area contributed by atoms with Crippen molar-refractivity contribution in [2.45, 2.75) is 42.8 Å². The van der Waals surface area contributed by atoms with E-state index in [0.29, 0.717) is 11.7 Å². The fourth-order valence-corrected chi connectivity index (χ4v) is 3.74. The Morgan fingerprint density at radius 1 is 1.35 bits per heavy atom. The molecule has 1 aliphatic rings. The van der Waals surface area contributed by atoms with Gasteiger partial charge in [-0.25, -0.2) is 0 Å². The van der Waals surface area contributed by atoms with Crippen molar-refractivity contribution in [3.63, 3.8) is 0 Å². The minimum Gasteiger partial charge on any atom is -0.497 e. The number of rotatable bonds is 7. The molecule has 2 heterocycles. The molecule has 0 bridgehead atoms. The number of hydrogen-bond donors (Lipinski definition) is 0. The van der Waals surface area contributed by atoms with Gasteiger partial charge in [0.2, 0.25) is 0 Å². The number of carbonyl (C=O) groups excluding carboxylic acids is 1. The van der Waals surface area contributed by atoms with Crippen molar-refractivity contribution in [2.75, 3.05) is 20.8 Å². The average molecular weight is 377 g/mol. The van der Waals surface area contributed by atoms with E-state index in [-0.39, 0.29) is 17.3 Å². The Kier molecular flexibility index (Phi) is 6.16. The third kappa shape index (κ3) is 4.19. The third-order valence-electron chi connectivity index (χ3n) is 4.29. The van der Waals surface area contributed by atoms with Crippen molar-refractivity contribution in [1.29, 1.82) is 0 Å². The third-order valence-corrected chi connectivity index (χ3v) is 5.35. The molecule has 2 aromatic rings. The van der Waals surface area contributed by atoms with Gasteiger partial charge in [-0.3, -0.25) is 9.36 Å². The Balaban J connectivity index is 1.90. The van der Waals surface area contributed by atoms with Crippen LogP contribution in [0.2, 0.25) is 0 Å². The summed E-state index contributed by atoms with van der Waals surface area (Å²) in [6.45, 7) is 3.24. The molecule has 2 atom stereocenters. The highest BCUT2D eigenvalue weighted by molar-refractivity contribution is 8.00. The molecule has 1 aliphatic heterocycles. The van der Waals surface area contributed by atoms with E-state index in [0.717, 1.165) is 36.6 Å². The summed E-state index contributed by atoms with van der Waals surface area (Å²) >= 11 is 1.34. The quantitative estimate of drug-likeness (QED) is 0.542. The van der Waals surface area contributed by atoms with Gasteiger partial charge in [0.15, 0.2) is 11.0 Å². The lowest BCUT2D eigenvalue weighted by Crippen LogP contribution is -2.19. The van der Waals surface area contributed by atoms with Crippen LogP contribution in [0.5, 0.6) is 5.75 Å². The van der Waals surface area contributed by atoms with Crippen LogP contribution in [0.15, 0.2) is 29.4 Å². The summed E-state index contributed by atoms with van der Waals surface area (Å²) in [5.74, 6) is 1.25. The molecule has 0 aliphatic carbocycles. The second kappa shape index (κ2) is 8.55. The first-order chi connectivity index (χ1) is 12.6. The first-order valence-corrected chi connectivity index (χ1v) is 9.44. The van der Waals surface area contributed by atoms with Crippen molar-refractivity contribution in [2.24, 2.45) is 0 Å². The van der Waals surface area contributed by atoms with E-state index in [1.165, 1.54) is 18.9 Å². The molecule has 2 unspecified atom stereocenters. The Bertz CT molecular complexity index is 741. The van der Waals surface area contributed by atoms with Crippen molar-refractivity contribution < 1.29 is 19.0 Å². The fraction of sp³-hybridized carbons (Fsp3) is 0.500. The number of esters is 1. The maximum absolute atomic E-state index is 11.8. The summed E-state index contributed by atoms with van der Waals surface area (Å²) in [4.78, 5) is 11.8. The van der Waals surface area contributed by atoms with Crippen LogP contribution in [0.1, 0.15) is 19.8 Å². The molecule has 1 aromatic heterocycles. The summed E-state index contributed by atoms with van der Waals surface area (Å²) in [6.07, 6.45) is 2.21. The van der Waals surface area contributed by atoms with Gasteiger partial charge in [-0.2, -0.15) is 0 Å². The second-order valence-corrected chi connectivity index (χ2v) is 7.37. The van der Waals surface area contributed by atoms with Crippen LogP contribution in [0.25, 0.3) is 11.4 Å². The van der Waals surface area contributed by atoms with E-state index < -0.39 is 0 Å². The Morgan fingerprint density at radius 2 is 2.12 bits per heavy atom. The van der Waals surface area contributed by atoms with Crippen molar-refractivity contribution in [3.05, 3.63) is 24.3 Å². The highest BCUT2D eigenvalue weighted by Gasteiger charge is 2.24. The van der Waals surface area contributed by atoms with Gasteiger partial charge in [0.25, 0.3) is 0 Å². The number of benzene rings is 1. The fourth-order valence-electron chi connectivity index (χ4n) is 2.86. The zero-order valence-electron chi connectivity index (χ0n) is 15.2. The minimum absolute atomic E-state index is 0.135. The van der Waals surface area contributed by atoms with Crippen LogP contribution >= 0.6 is 11.8 Å². The number of carbonyl (C=O) groups is 1. The van der Waals surface area contributed by atoms with E-state index in [2.05, 4.69) is 10.2 Å². The maximum atomic E-state index is 11.8. The number of ether oxygens (including phenoxy) is 3. The molecule has 3 rings (SSSR count). The molecular formula is C18H23N3O4S. The van der Waals surface area contributed by atoms with E-state index in [1.807, 2.05) is 28.8 Å². The number of methoxy groups -OCH3 is 2. The van der Waals surface area contributed by atoms with Gasteiger partial charge >= 0.3 is 5.97 Å². The molecular weight excluding hydrogens is 354 g/mol. The zero-order chi connectivity index (χ0) is 18.5. The lowest BCUT2D eigenvalue weighted by atomic mass is 10.2. The van der Waals surface area contributed by atoms with Gasteiger partial charge in [0.05, 0.1) is 26.9 Å². The largest absolute Gasteiger partial charge is 0.497 e. The normalized spacial score (nSPS) is 17.9. The number of thioether (sulfide) groups is 1. The summed E-state index contributed by atoms with van der Waals surface area (Å²) in [7, 11) is 3.02. The highest BCUT2D eigenvalue weighted by Crippen LogP contribution is 2.29. The van der Waals surface area contributed by atoms with Crippen LogP contribution in [-0.4, -0.2) is 52.9 Å². The molecule has 8 heteroatoms. The zero-order valence-corrected chi connectivity index (χ0v) is 16.0. The molecule has 140 valence electrons. The van der Waals surface area contributed by atoms with Gasteiger partial charge in [0, 0.05) is 12.2 Å². The van der Waals surface area contributed by atoms with Crippen molar-refractivity contribution in [1.82, 2.24) is 14.8 Å². The van der Waals surface area contributed by atoms with Crippen LogP contribution in [-0.2, 0) is 20.8 Å². The van der Waals surface area contributed by atoms with Gasteiger partial charge in [-0.1, -0.05) is 11.8 Å². The van der Waals surface area contributed by atoms with E-state index in [9.17, 15) is 4.79 Å². The van der Waals surface area contributed by atoms with E-state index in [1.54, 1.807) is 14.0 Å². The molecule has 0 saturated carbocycles. The molecule has 1 fully saturated rings. The van der Waals surface area contributed by atoms with Crippen LogP contribution in [0.4, 0.5) is 0 Å². The summed E-state index contributed by atoms with van der Waals surface area (Å²) in [5, 5.41) is 9.00. The van der Waals surface area contributed by atoms with Crippen LogP contribution in [0, 0.1) is 0 Å². The van der Waals surface area contributed by atoms with Crippen LogP contribution in [0.3, 0.4) is 0 Å². The minimum atomic E-state index is -0.365. The standard InChI is InChI=1S/C18H23N3O4S/c1-12(17(22)24-3)26-18-20-19-16(13-6-8-14(23-2)9-7-13)21(18)11-15-5-4-10-25-15/h6-9,12,15H,4-5,10-11H2,1-3H3. The maximum Gasteiger partial charge on any atom is 0.318 e. The van der Waals surface area contributed by atoms with Crippen LogP contribution < -0.4 is 4.74 Å². The molecule has 7 nitrogen and oxygen atoms in total. The number of aromatic nitrogens is 3. The lowest BCUT2D eigenvalue weighted by Gasteiger charge is -2.16. The highest BCUT2D eigenvalue weighted by atomic mass is 32.2.